The topological polar surface area (TPSA) is 77.5 Å². The Kier molecular flexibility index (Phi) is 5.13. The fourth-order valence-electron chi connectivity index (χ4n) is 3.44. The molecule has 1 aromatic heterocycles. The number of hydrogen-bond acceptors (Lipinski definition) is 7. The van der Waals surface area contributed by atoms with Gasteiger partial charge in [-0.05, 0) is 59.7 Å². The Hall–Kier alpha value is -2.53. The average molecular weight is 450 g/mol. The summed E-state index contributed by atoms with van der Waals surface area (Å²) in [6, 6.07) is 4.29. The van der Waals surface area contributed by atoms with Gasteiger partial charge < -0.3 is 24.7 Å². The number of nitrogens with zero attached hydrogens (tertiary/aromatic N) is 2. The highest BCUT2D eigenvalue weighted by Crippen LogP contribution is 2.40. The molecule has 2 N–H and O–H groups in total. The quantitative estimate of drug-likeness (QED) is 0.682. The molecule has 1 saturated heterocycles. The third kappa shape index (κ3) is 4.23. The molecule has 2 aliphatic heterocycles. The van der Waals surface area contributed by atoms with Crippen LogP contribution in [0.2, 0.25) is 0 Å². The molecule has 0 aliphatic carbocycles. The van der Waals surface area contributed by atoms with Gasteiger partial charge in [-0.25, -0.2) is 9.97 Å². The molecule has 2 aromatic rings. The van der Waals surface area contributed by atoms with E-state index in [2.05, 4.69) is 20.6 Å². The number of alkyl halides is 3. The zero-order valence-corrected chi connectivity index (χ0v) is 18.8. The summed E-state index contributed by atoms with van der Waals surface area (Å²) in [5.74, 6) is 0.409. The molecule has 3 heterocycles. The first-order valence-electron chi connectivity index (χ1n) is 10.3. The van der Waals surface area contributed by atoms with Crippen LogP contribution in [-0.2, 0) is 15.5 Å². The van der Waals surface area contributed by atoms with E-state index in [4.69, 9.17) is 14.0 Å². The van der Waals surface area contributed by atoms with Crippen molar-refractivity contribution in [2.24, 2.45) is 0 Å². The van der Waals surface area contributed by atoms with E-state index in [9.17, 15) is 13.2 Å². The highest BCUT2D eigenvalue weighted by atomic mass is 19.4. The Morgan fingerprint density at radius 1 is 1.06 bits per heavy atom. The maximum absolute atomic E-state index is 13.0. The second-order valence-electron chi connectivity index (χ2n) is 9.63. The third-order valence-corrected chi connectivity index (χ3v) is 5.91. The second kappa shape index (κ2) is 7.24. The van der Waals surface area contributed by atoms with E-state index in [1.54, 1.807) is 12.1 Å². The maximum Gasteiger partial charge on any atom is 0.498 e. The number of ether oxygens (including phenoxy) is 1. The van der Waals surface area contributed by atoms with Crippen molar-refractivity contribution in [2.75, 3.05) is 17.2 Å². The van der Waals surface area contributed by atoms with Crippen LogP contribution in [0, 0.1) is 0 Å². The zero-order valence-electron chi connectivity index (χ0n) is 18.8. The highest BCUT2D eigenvalue weighted by Gasteiger charge is 2.53. The van der Waals surface area contributed by atoms with Crippen molar-refractivity contribution in [3.8, 4) is 5.75 Å². The summed E-state index contributed by atoms with van der Waals surface area (Å²) >= 11 is 0. The van der Waals surface area contributed by atoms with Gasteiger partial charge in [-0.15, -0.1) is 0 Å². The molecule has 0 spiro atoms. The van der Waals surface area contributed by atoms with Crippen molar-refractivity contribution in [3.05, 3.63) is 30.1 Å². The van der Waals surface area contributed by atoms with Crippen LogP contribution in [0.25, 0.3) is 0 Å². The minimum Gasteiger partial charge on any atom is -0.484 e. The molecule has 1 fully saturated rings. The number of nitrogens with one attached hydrogen (secondary N) is 2. The predicted molar refractivity (Wildman–Crippen MR) is 116 cm³/mol. The van der Waals surface area contributed by atoms with Crippen LogP contribution in [0.1, 0.15) is 47.2 Å². The SMILES string of the molecule is CC1(C)CNc2cc(Nc3nccc(C(F)(F)F)n3)cc(B3OC(C)(C)C(C)(C)O3)c2O1. The Labute approximate surface area is 185 Å². The van der Waals surface area contributed by atoms with Gasteiger partial charge in [0, 0.05) is 17.3 Å². The molecule has 172 valence electrons. The van der Waals surface area contributed by atoms with Crippen molar-refractivity contribution in [1.82, 2.24) is 9.97 Å². The number of fused-ring (bicyclic) bond motifs is 1. The summed E-state index contributed by atoms with van der Waals surface area (Å²) in [7, 11) is -0.728. The van der Waals surface area contributed by atoms with Gasteiger partial charge in [0.2, 0.25) is 5.95 Å². The molecule has 0 amide bonds. The lowest BCUT2D eigenvalue weighted by molar-refractivity contribution is -0.141. The molecule has 0 radical (unpaired) electrons. The Bertz CT molecular complexity index is 1030. The van der Waals surface area contributed by atoms with E-state index in [0.717, 1.165) is 12.3 Å². The predicted octanol–water partition coefficient (Wildman–Crippen LogP) is 4.12. The lowest BCUT2D eigenvalue weighted by Gasteiger charge is -2.35. The smallest absolute Gasteiger partial charge is 0.484 e. The van der Waals surface area contributed by atoms with Crippen molar-refractivity contribution in [1.29, 1.82) is 0 Å². The second-order valence-corrected chi connectivity index (χ2v) is 9.63. The summed E-state index contributed by atoms with van der Waals surface area (Å²) in [5, 5.41) is 6.19. The number of hydrogen-bond donors (Lipinski definition) is 2. The van der Waals surface area contributed by atoms with E-state index >= 15 is 0 Å². The standard InChI is InChI=1S/C21H26BF3N4O3/c1-18(2)11-27-14-10-12(28-17-26-8-7-15(29-17)21(23,24)25)9-13(16(14)30-18)22-31-19(3,4)20(5,6)32-22/h7-10,27H,11H2,1-6H3,(H,26,28,29). The maximum atomic E-state index is 13.0. The molecule has 4 rings (SSSR count). The number of rotatable bonds is 3. The summed E-state index contributed by atoms with van der Waals surface area (Å²) < 4.78 is 57.8. The van der Waals surface area contributed by atoms with Crippen molar-refractivity contribution in [3.63, 3.8) is 0 Å². The molecule has 11 heteroatoms. The summed E-state index contributed by atoms with van der Waals surface area (Å²) in [4.78, 5) is 7.51. The minimum atomic E-state index is -4.57. The first kappa shape index (κ1) is 22.7. The third-order valence-electron chi connectivity index (χ3n) is 5.91. The van der Waals surface area contributed by atoms with Crippen LogP contribution in [0.5, 0.6) is 5.75 Å². The van der Waals surface area contributed by atoms with Crippen LogP contribution in [0.15, 0.2) is 24.4 Å². The molecule has 7 nitrogen and oxygen atoms in total. The first-order valence-corrected chi connectivity index (χ1v) is 10.3. The Morgan fingerprint density at radius 3 is 2.34 bits per heavy atom. The number of aromatic nitrogens is 2. The van der Waals surface area contributed by atoms with Crippen LogP contribution in [0.3, 0.4) is 0 Å². The van der Waals surface area contributed by atoms with Gasteiger partial charge in [0.15, 0.2) is 0 Å². The highest BCUT2D eigenvalue weighted by molar-refractivity contribution is 6.63. The molecule has 0 unspecified atom stereocenters. The molecule has 0 bridgehead atoms. The Morgan fingerprint density at radius 2 is 1.72 bits per heavy atom. The van der Waals surface area contributed by atoms with Gasteiger partial charge in [0.1, 0.15) is 17.0 Å². The summed E-state index contributed by atoms with van der Waals surface area (Å²) in [6.45, 7) is 12.2. The molecule has 32 heavy (non-hydrogen) atoms. The van der Waals surface area contributed by atoms with E-state index in [0.29, 0.717) is 29.1 Å². The summed E-state index contributed by atoms with van der Waals surface area (Å²) in [5.41, 5.74) is -0.872. The normalized spacial score (nSPS) is 20.8. The largest absolute Gasteiger partial charge is 0.498 e. The van der Waals surface area contributed by atoms with Gasteiger partial charge >= 0.3 is 13.3 Å². The number of halogens is 3. The number of anilines is 3. The summed E-state index contributed by atoms with van der Waals surface area (Å²) in [6.07, 6.45) is -3.50. The fraction of sp³-hybridized carbons (Fsp3) is 0.524. The van der Waals surface area contributed by atoms with Crippen LogP contribution in [-0.4, -0.2) is 40.4 Å². The van der Waals surface area contributed by atoms with Gasteiger partial charge in [0.25, 0.3) is 0 Å². The van der Waals surface area contributed by atoms with Gasteiger partial charge in [-0.3, -0.25) is 0 Å². The molecule has 0 saturated carbocycles. The van der Waals surface area contributed by atoms with Crippen LogP contribution < -0.4 is 20.8 Å². The Balaban J connectivity index is 1.74. The van der Waals surface area contributed by atoms with Gasteiger partial charge in [0.05, 0.1) is 23.4 Å². The van der Waals surface area contributed by atoms with Crippen molar-refractivity contribution >= 4 is 29.9 Å². The minimum absolute atomic E-state index is 0.170. The lowest BCUT2D eigenvalue weighted by atomic mass is 9.77. The molecular weight excluding hydrogens is 424 g/mol. The monoisotopic (exact) mass is 450 g/mol. The molecule has 1 aromatic carbocycles. The van der Waals surface area contributed by atoms with E-state index < -0.39 is 35.8 Å². The van der Waals surface area contributed by atoms with E-state index in [1.807, 2.05) is 41.5 Å². The van der Waals surface area contributed by atoms with Gasteiger partial charge in [-0.1, -0.05) is 0 Å². The van der Waals surface area contributed by atoms with Crippen molar-refractivity contribution < 1.29 is 27.2 Å². The van der Waals surface area contributed by atoms with Crippen LogP contribution >= 0.6 is 0 Å². The van der Waals surface area contributed by atoms with Crippen LogP contribution in [0.4, 0.5) is 30.5 Å². The first-order chi connectivity index (χ1) is 14.7. The number of benzene rings is 1. The zero-order chi connectivity index (χ0) is 23.5. The lowest BCUT2D eigenvalue weighted by Crippen LogP contribution is -2.45. The fourth-order valence-corrected chi connectivity index (χ4v) is 3.44. The van der Waals surface area contributed by atoms with Crippen molar-refractivity contribution in [2.45, 2.75) is 64.5 Å². The average Bonchev–Trinajstić information content (AvgIpc) is 2.88. The van der Waals surface area contributed by atoms with E-state index in [-0.39, 0.29) is 5.95 Å². The molecule has 2 aliphatic rings. The van der Waals surface area contributed by atoms with E-state index in [1.165, 1.54) is 0 Å². The van der Waals surface area contributed by atoms with Gasteiger partial charge in [-0.2, -0.15) is 13.2 Å². The molecule has 0 atom stereocenters. The molecular formula is C21H26BF3N4O3.